The van der Waals surface area contributed by atoms with Crippen LogP contribution in [0.15, 0.2) is 12.4 Å². The van der Waals surface area contributed by atoms with Crippen molar-refractivity contribution in [2.45, 2.75) is 6.92 Å². The molecule has 0 radical (unpaired) electrons. The molecule has 0 saturated carbocycles. The highest BCUT2D eigenvalue weighted by atomic mass is 35.5. The van der Waals surface area contributed by atoms with Crippen LogP contribution in [0.4, 0.5) is 0 Å². The molecule has 0 saturated heterocycles. The first kappa shape index (κ1) is 11.4. The Morgan fingerprint density at radius 3 is 2.80 bits per heavy atom. The Kier molecular flexibility index (Phi) is 4.01. The maximum absolute atomic E-state index is 11.7. The smallest absolute Gasteiger partial charge is 0.274 e. The second-order valence-corrected chi connectivity index (χ2v) is 3.09. The van der Waals surface area contributed by atoms with Gasteiger partial charge in [0, 0.05) is 6.54 Å². The van der Waals surface area contributed by atoms with Crippen LogP contribution in [0.5, 0.6) is 0 Å². The fraction of sp³-hybridized carbons (Fsp3) is 0.333. The van der Waals surface area contributed by atoms with Gasteiger partial charge in [-0.25, -0.2) is 9.97 Å². The highest BCUT2D eigenvalue weighted by molar-refractivity contribution is 6.29. The number of nitrogens with zero attached hydrogens (tertiary/aromatic N) is 4. The van der Waals surface area contributed by atoms with E-state index in [1.54, 1.807) is 6.92 Å². The largest absolute Gasteiger partial charge is 0.324 e. The van der Waals surface area contributed by atoms with Gasteiger partial charge >= 0.3 is 0 Å². The summed E-state index contributed by atoms with van der Waals surface area (Å²) in [6, 6.07) is 1.91. The molecule has 1 rings (SSSR count). The third-order valence-corrected chi connectivity index (χ3v) is 1.97. The van der Waals surface area contributed by atoms with Crippen molar-refractivity contribution in [3.05, 3.63) is 23.2 Å². The zero-order chi connectivity index (χ0) is 11.3. The van der Waals surface area contributed by atoms with Gasteiger partial charge in [0.2, 0.25) is 0 Å². The van der Waals surface area contributed by atoms with Gasteiger partial charge in [0.15, 0.2) is 0 Å². The van der Waals surface area contributed by atoms with Crippen LogP contribution in [-0.4, -0.2) is 33.9 Å². The molecule has 0 bridgehead atoms. The average molecular weight is 225 g/mol. The first-order valence-corrected chi connectivity index (χ1v) is 4.70. The quantitative estimate of drug-likeness (QED) is 0.722. The number of carbonyl (C=O) groups is 1. The maximum Gasteiger partial charge on any atom is 0.274 e. The Morgan fingerprint density at radius 1 is 1.60 bits per heavy atom. The molecular formula is C9H9ClN4O. The lowest BCUT2D eigenvalue weighted by atomic mass is 10.3. The van der Waals surface area contributed by atoms with Crippen molar-refractivity contribution in [2.75, 3.05) is 13.1 Å². The van der Waals surface area contributed by atoms with Crippen molar-refractivity contribution in [3.63, 3.8) is 0 Å². The third kappa shape index (κ3) is 2.89. The number of nitriles is 1. The Balaban J connectivity index is 2.84. The van der Waals surface area contributed by atoms with Gasteiger partial charge < -0.3 is 4.90 Å². The third-order valence-electron chi connectivity index (χ3n) is 1.77. The standard InChI is InChI=1S/C9H9ClN4O/c1-2-14(4-3-11)9(15)7-5-13-8(10)6-12-7/h5-6H,2,4H2,1H3. The molecule has 15 heavy (non-hydrogen) atoms. The van der Waals surface area contributed by atoms with Crippen molar-refractivity contribution in [1.82, 2.24) is 14.9 Å². The minimum absolute atomic E-state index is 0.0413. The molecule has 0 aromatic carbocycles. The number of halogens is 1. The van der Waals surface area contributed by atoms with Crippen molar-refractivity contribution >= 4 is 17.5 Å². The molecule has 0 atom stereocenters. The maximum atomic E-state index is 11.7. The van der Waals surface area contributed by atoms with E-state index in [2.05, 4.69) is 9.97 Å². The Bertz CT molecular complexity index is 384. The summed E-state index contributed by atoms with van der Waals surface area (Å²) in [5.41, 5.74) is 0.191. The minimum atomic E-state index is -0.316. The molecule has 78 valence electrons. The summed E-state index contributed by atoms with van der Waals surface area (Å²) in [6.07, 6.45) is 2.60. The topological polar surface area (TPSA) is 69.9 Å². The van der Waals surface area contributed by atoms with Crippen LogP contribution in [0.25, 0.3) is 0 Å². The van der Waals surface area contributed by atoms with Gasteiger partial charge in [0.05, 0.1) is 18.5 Å². The molecule has 0 spiro atoms. The highest BCUT2D eigenvalue weighted by Crippen LogP contribution is 2.04. The van der Waals surface area contributed by atoms with E-state index in [0.29, 0.717) is 6.54 Å². The van der Waals surface area contributed by atoms with Crippen molar-refractivity contribution in [3.8, 4) is 6.07 Å². The van der Waals surface area contributed by atoms with E-state index >= 15 is 0 Å². The zero-order valence-corrected chi connectivity index (χ0v) is 8.90. The lowest BCUT2D eigenvalue weighted by molar-refractivity contribution is 0.0778. The van der Waals surface area contributed by atoms with Gasteiger partial charge in [-0.15, -0.1) is 0 Å². The molecule has 0 unspecified atom stereocenters. The fourth-order valence-corrected chi connectivity index (χ4v) is 1.09. The predicted octanol–water partition coefficient (Wildman–Crippen LogP) is 1.12. The van der Waals surface area contributed by atoms with E-state index in [-0.39, 0.29) is 23.3 Å². The van der Waals surface area contributed by atoms with Crippen LogP contribution in [0.2, 0.25) is 5.15 Å². The van der Waals surface area contributed by atoms with Crippen molar-refractivity contribution in [2.24, 2.45) is 0 Å². The summed E-state index contributed by atoms with van der Waals surface area (Å²) in [6.45, 7) is 2.29. The molecule has 1 aromatic heterocycles. The normalized spacial score (nSPS) is 9.40. The molecule has 0 aliphatic rings. The summed E-state index contributed by atoms with van der Waals surface area (Å²) in [5.74, 6) is -0.316. The second-order valence-electron chi connectivity index (χ2n) is 2.70. The number of aromatic nitrogens is 2. The van der Waals surface area contributed by atoms with Crippen LogP contribution in [-0.2, 0) is 0 Å². The van der Waals surface area contributed by atoms with Crippen molar-refractivity contribution < 1.29 is 4.79 Å². The van der Waals surface area contributed by atoms with Crippen LogP contribution in [0, 0.1) is 11.3 Å². The van der Waals surface area contributed by atoms with Gasteiger partial charge in [0.1, 0.15) is 17.4 Å². The summed E-state index contributed by atoms with van der Waals surface area (Å²) >= 11 is 5.54. The summed E-state index contributed by atoms with van der Waals surface area (Å²) < 4.78 is 0. The number of carbonyl (C=O) groups excluding carboxylic acids is 1. The van der Waals surface area contributed by atoms with Gasteiger partial charge in [-0.2, -0.15) is 5.26 Å². The minimum Gasteiger partial charge on any atom is -0.324 e. The van der Waals surface area contributed by atoms with Gasteiger partial charge in [0.25, 0.3) is 5.91 Å². The molecule has 5 nitrogen and oxygen atoms in total. The van der Waals surface area contributed by atoms with Crippen molar-refractivity contribution in [1.29, 1.82) is 5.26 Å². The fourth-order valence-electron chi connectivity index (χ4n) is 0.997. The Morgan fingerprint density at radius 2 is 2.33 bits per heavy atom. The molecule has 6 heteroatoms. The summed E-state index contributed by atoms with van der Waals surface area (Å²) in [4.78, 5) is 20.7. The monoisotopic (exact) mass is 224 g/mol. The molecule has 0 aliphatic heterocycles. The Hall–Kier alpha value is -1.67. The molecule has 0 N–H and O–H groups in total. The summed E-state index contributed by atoms with van der Waals surface area (Å²) in [5, 5.41) is 8.74. The van der Waals surface area contributed by atoms with Crippen LogP contribution in [0.3, 0.4) is 0 Å². The number of hydrogen-bond donors (Lipinski definition) is 0. The molecule has 0 aliphatic carbocycles. The van der Waals surface area contributed by atoms with E-state index in [1.807, 2.05) is 6.07 Å². The average Bonchev–Trinajstić information content (AvgIpc) is 2.26. The SMILES string of the molecule is CCN(CC#N)C(=O)c1cnc(Cl)cn1. The van der Waals surface area contributed by atoms with Crippen LogP contribution >= 0.6 is 11.6 Å². The second kappa shape index (κ2) is 5.27. The molecule has 1 amide bonds. The lowest BCUT2D eigenvalue weighted by Crippen LogP contribution is -2.31. The van der Waals surface area contributed by atoms with Gasteiger partial charge in [-0.3, -0.25) is 4.79 Å². The molecule has 1 aromatic rings. The number of amides is 1. The van der Waals surface area contributed by atoms with E-state index < -0.39 is 0 Å². The van der Waals surface area contributed by atoms with E-state index in [0.717, 1.165) is 0 Å². The van der Waals surface area contributed by atoms with Crippen LogP contribution in [0.1, 0.15) is 17.4 Å². The van der Waals surface area contributed by atoms with E-state index in [1.165, 1.54) is 17.3 Å². The van der Waals surface area contributed by atoms with E-state index in [9.17, 15) is 4.79 Å². The first-order valence-electron chi connectivity index (χ1n) is 4.32. The summed E-state index contributed by atoms with van der Waals surface area (Å²) in [7, 11) is 0. The predicted molar refractivity (Wildman–Crippen MR) is 54.2 cm³/mol. The Labute approximate surface area is 92.3 Å². The number of hydrogen-bond acceptors (Lipinski definition) is 4. The molecular weight excluding hydrogens is 216 g/mol. The van der Waals surface area contributed by atoms with Gasteiger partial charge in [-0.05, 0) is 6.92 Å². The molecule has 1 heterocycles. The molecule has 0 fully saturated rings. The number of rotatable bonds is 3. The first-order chi connectivity index (χ1) is 7.19. The zero-order valence-electron chi connectivity index (χ0n) is 8.14. The highest BCUT2D eigenvalue weighted by Gasteiger charge is 2.15. The van der Waals surface area contributed by atoms with Gasteiger partial charge in [-0.1, -0.05) is 11.6 Å². The van der Waals surface area contributed by atoms with E-state index in [4.69, 9.17) is 16.9 Å². The van der Waals surface area contributed by atoms with Crippen LogP contribution < -0.4 is 0 Å². The lowest BCUT2D eigenvalue weighted by Gasteiger charge is -2.15.